The molecule has 0 spiro atoms. The molecule has 2 aromatic rings. The predicted molar refractivity (Wildman–Crippen MR) is 97.0 cm³/mol. The van der Waals surface area contributed by atoms with Crippen LogP contribution in [0.1, 0.15) is 30.1 Å². The second-order valence-electron chi connectivity index (χ2n) is 6.40. The molecular formula is C20H22N2O3. The number of carboxylic acid groups (broad SMARTS) is 1. The fourth-order valence-corrected chi connectivity index (χ4v) is 3.34. The summed E-state index contributed by atoms with van der Waals surface area (Å²) in [6, 6.07) is 16.8. The van der Waals surface area contributed by atoms with E-state index in [0.29, 0.717) is 18.5 Å². The molecule has 2 N–H and O–H groups in total. The van der Waals surface area contributed by atoms with Crippen LogP contribution in [0.3, 0.4) is 0 Å². The number of hydrogen-bond acceptors (Lipinski definition) is 3. The van der Waals surface area contributed by atoms with E-state index in [0.717, 1.165) is 17.8 Å². The van der Waals surface area contributed by atoms with Crippen LogP contribution in [-0.4, -0.2) is 34.5 Å². The maximum atomic E-state index is 12.9. The molecule has 3 rings (SSSR count). The van der Waals surface area contributed by atoms with E-state index >= 15 is 0 Å². The molecule has 25 heavy (non-hydrogen) atoms. The van der Waals surface area contributed by atoms with Gasteiger partial charge >= 0.3 is 5.97 Å². The number of benzene rings is 2. The minimum atomic E-state index is -0.829. The highest BCUT2D eigenvalue weighted by Crippen LogP contribution is 2.26. The molecule has 0 unspecified atom stereocenters. The summed E-state index contributed by atoms with van der Waals surface area (Å²) in [7, 11) is 0. The van der Waals surface area contributed by atoms with Crippen LogP contribution in [0, 0.1) is 5.92 Å². The molecular weight excluding hydrogens is 316 g/mol. The Kier molecular flexibility index (Phi) is 5.03. The van der Waals surface area contributed by atoms with Gasteiger partial charge in [-0.1, -0.05) is 24.3 Å². The van der Waals surface area contributed by atoms with Gasteiger partial charge in [-0.15, -0.1) is 0 Å². The molecule has 130 valence electrons. The Morgan fingerprint density at radius 2 is 1.80 bits per heavy atom. The Morgan fingerprint density at radius 3 is 2.52 bits per heavy atom. The van der Waals surface area contributed by atoms with Crippen molar-refractivity contribution in [3.8, 4) is 0 Å². The fraction of sp³-hybridized carbons (Fsp3) is 0.300. The molecule has 5 heteroatoms. The first-order valence-electron chi connectivity index (χ1n) is 8.52. The highest BCUT2D eigenvalue weighted by Gasteiger charge is 2.35. The normalized spacial score (nSPS) is 20.1. The van der Waals surface area contributed by atoms with Gasteiger partial charge in [-0.2, -0.15) is 0 Å². The largest absolute Gasteiger partial charge is 0.481 e. The number of nitrogens with zero attached hydrogens (tertiary/aromatic N) is 1. The molecule has 1 aliphatic rings. The zero-order valence-corrected chi connectivity index (χ0v) is 14.2. The molecule has 0 bridgehead atoms. The third-order valence-corrected chi connectivity index (χ3v) is 4.74. The standard InChI is InChI=1S/C20H22N2O3/c1-14-18(20(24)25)11-6-12-22(14)19(23)15-7-5-10-17(13-15)21-16-8-3-2-4-9-16/h2-5,7-10,13-14,18,21H,6,11-12H2,1H3,(H,24,25)/t14-,18-/m1/s1. The summed E-state index contributed by atoms with van der Waals surface area (Å²) in [6.45, 7) is 2.42. The Labute approximate surface area is 147 Å². The zero-order chi connectivity index (χ0) is 17.8. The summed E-state index contributed by atoms with van der Waals surface area (Å²) in [6.07, 6.45) is 1.34. The second kappa shape index (κ2) is 7.38. The van der Waals surface area contributed by atoms with Gasteiger partial charge < -0.3 is 15.3 Å². The molecule has 0 saturated carbocycles. The van der Waals surface area contributed by atoms with Crippen LogP contribution >= 0.6 is 0 Å². The number of likely N-dealkylation sites (tertiary alicyclic amines) is 1. The van der Waals surface area contributed by atoms with Crippen LogP contribution in [0.4, 0.5) is 11.4 Å². The maximum Gasteiger partial charge on any atom is 0.308 e. The number of anilines is 2. The number of hydrogen-bond donors (Lipinski definition) is 2. The number of piperidine rings is 1. The Balaban J connectivity index is 1.78. The van der Waals surface area contributed by atoms with E-state index in [1.165, 1.54) is 0 Å². The van der Waals surface area contributed by atoms with Crippen molar-refractivity contribution in [3.05, 3.63) is 60.2 Å². The van der Waals surface area contributed by atoms with Gasteiger partial charge in [0.15, 0.2) is 0 Å². The van der Waals surface area contributed by atoms with Crippen molar-refractivity contribution >= 4 is 23.3 Å². The van der Waals surface area contributed by atoms with E-state index in [4.69, 9.17) is 0 Å². The van der Waals surface area contributed by atoms with E-state index in [9.17, 15) is 14.7 Å². The smallest absolute Gasteiger partial charge is 0.308 e. The third kappa shape index (κ3) is 3.82. The molecule has 1 aliphatic heterocycles. The van der Waals surface area contributed by atoms with Gasteiger partial charge in [-0.3, -0.25) is 9.59 Å². The summed E-state index contributed by atoms with van der Waals surface area (Å²) in [5, 5.41) is 12.6. The van der Waals surface area contributed by atoms with Crippen LogP contribution in [0.15, 0.2) is 54.6 Å². The fourth-order valence-electron chi connectivity index (χ4n) is 3.34. The maximum absolute atomic E-state index is 12.9. The highest BCUT2D eigenvalue weighted by molar-refractivity contribution is 5.96. The third-order valence-electron chi connectivity index (χ3n) is 4.74. The van der Waals surface area contributed by atoms with E-state index in [1.54, 1.807) is 11.0 Å². The van der Waals surface area contributed by atoms with Crippen LogP contribution in [0.25, 0.3) is 0 Å². The van der Waals surface area contributed by atoms with Gasteiger partial charge in [0.2, 0.25) is 0 Å². The number of nitrogens with one attached hydrogen (secondary N) is 1. The lowest BCUT2D eigenvalue weighted by molar-refractivity contribution is -0.144. The first kappa shape index (κ1) is 17.0. The quantitative estimate of drug-likeness (QED) is 0.891. The summed E-state index contributed by atoms with van der Waals surface area (Å²) < 4.78 is 0. The van der Waals surface area contributed by atoms with Crippen molar-refractivity contribution < 1.29 is 14.7 Å². The Hall–Kier alpha value is -2.82. The van der Waals surface area contributed by atoms with E-state index in [-0.39, 0.29) is 11.9 Å². The van der Waals surface area contributed by atoms with Crippen LogP contribution in [0.2, 0.25) is 0 Å². The Morgan fingerprint density at radius 1 is 1.08 bits per heavy atom. The molecule has 1 heterocycles. The minimum Gasteiger partial charge on any atom is -0.481 e. The van der Waals surface area contributed by atoms with E-state index in [2.05, 4.69) is 5.32 Å². The van der Waals surface area contributed by atoms with Gasteiger partial charge in [-0.25, -0.2) is 0 Å². The lowest BCUT2D eigenvalue weighted by Gasteiger charge is -2.37. The average Bonchev–Trinajstić information content (AvgIpc) is 2.62. The van der Waals surface area contributed by atoms with Crippen LogP contribution < -0.4 is 5.32 Å². The molecule has 5 nitrogen and oxygen atoms in total. The molecule has 2 atom stereocenters. The van der Waals surface area contributed by atoms with Gasteiger partial charge in [-0.05, 0) is 50.1 Å². The number of carbonyl (C=O) groups is 2. The van der Waals surface area contributed by atoms with E-state index < -0.39 is 11.9 Å². The van der Waals surface area contributed by atoms with Crippen LogP contribution in [0.5, 0.6) is 0 Å². The van der Waals surface area contributed by atoms with Crippen molar-refractivity contribution in [2.24, 2.45) is 5.92 Å². The SMILES string of the molecule is C[C@@H]1[C@H](C(=O)O)CCCN1C(=O)c1cccc(Nc2ccccc2)c1. The number of carboxylic acids is 1. The molecule has 1 amide bonds. The monoisotopic (exact) mass is 338 g/mol. The Bertz CT molecular complexity index is 761. The number of rotatable bonds is 4. The average molecular weight is 338 g/mol. The van der Waals surface area contributed by atoms with Gasteiger partial charge in [0.1, 0.15) is 0 Å². The molecule has 0 radical (unpaired) electrons. The number of carbonyl (C=O) groups excluding carboxylic acids is 1. The number of aliphatic carboxylic acids is 1. The number of para-hydroxylation sites is 1. The topological polar surface area (TPSA) is 69.6 Å². The van der Waals surface area contributed by atoms with Crippen molar-refractivity contribution in [2.45, 2.75) is 25.8 Å². The molecule has 2 aromatic carbocycles. The molecule has 1 saturated heterocycles. The van der Waals surface area contributed by atoms with Crippen molar-refractivity contribution in [1.29, 1.82) is 0 Å². The minimum absolute atomic E-state index is 0.116. The number of amides is 1. The molecule has 0 aliphatic carbocycles. The zero-order valence-electron chi connectivity index (χ0n) is 14.2. The second-order valence-corrected chi connectivity index (χ2v) is 6.40. The molecule has 1 fully saturated rings. The first-order valence-corrected chi connectivity index (χ1v) is 8.52. The summed E-state index contributed by atoms with van der Waals surface area (Å²) in [5.41, 5.74) is 2.35. The van der Waals surface area contributed by atoms with Gasteiger partial charge in [0, 0.05) is 29.5 Å². The summed E-state index contributed by atoms with van der Waals surface area (Å²) >= 11 is 0. The lowest BCUT2D eigenvalue weighted by Crippen LogP contribution is -2.49. The van der Waals surface area contributed by atoms with Crippen molar-refractivity contribution in [2.75, 3.05) is 11.9 Å². The van der Waals surface area contributed by atoms with Crippen LogP contribution in [-0.2, 0) is 4.79 Å². The first-order chi connectivity index (χ1) is 12.1. The predicted octanol–water partition coefficient (Wildman–Crippen LogP) is 3.76. The van der Waals surface area contributed by atoms with Crippen molar-refractivity contribution in [1.82, 2.24) is 4.90 Å². The van der Waals surface area contributed by atoms with Crippen molar-refractivity contribution in [3.63, 3.8) is 0 Å². The van der Waals surface area contributed by atoms with E-state index in [1.807, 2.05) is 55.5 Å². The summed E-state index contributed by atoms with van der Waals surface area (Å²) in [5.74, 6) is -1.44. The van der Waals surface area contributed by atoms with Gasteiger partial charge in [0.25, 0.3) is 5.91 Å². The lowest BCUT2D eigenvalue weighted by atomic mass is 9.90. The highest BCUT2D eigenvalue weighted by atomic mass is 16.4. The van der Waals surface area contributed by atoms with Gasteiger partial charge in [0.05, 0.1) is 5.92 Å². The molecule has 0 aromatic heterocycles. The summed E-state index contributed by atoms with van der Waals surface area (Å²) in [4.78, 5) is 26.0.